The van der Waals surface area contributed by atoms with Crippen molar-refractivity contribution in [3.8, 4) is 0 Å². The lowest BCUT2D eigenvalue weighted by atomic mass is 10.1. The van der Waals surface area contributed by atoms with Gasteiger partial charge in [-0.15, -0.1) is 0 Å². The maximum absolute atomic E-state index is 13.2. The number of carbonyl (C=O) groups excluding carboxylic acids is 4. The molecule has 1 aliphatic rings. The van der Waals surface area contributed by atoms with Crippen LogP contribution < -0.4 is 15.5 Å². The number of nitrogens with one attached hydrogen (secondary N) is 2. The average Bonchev–Trinajstić information content (AvgIpc) is 3.32. The molecular formula is C25H29BrN4O5. The average molecular weight is 545 g/mol. The highest BCUT2D eigenvalue weighted by atomic mass is 79.9. The summed E-state index contributed by atoms with van der Waals surface area (Å²) < 4.78 is 5.42. The van der Waals surface area contributed by atoms with E-state index in [1.54, 1.807) is 24.3 Å². The fourth-order valence-corrected chi connectivity index (χ4v) is 4.06. The smallest absolute Gasteiger partial charge is 0.406 e. The summed E-state index contributed by atoms with van der Waals surface area (Å²) in [6, 6.07) is 15.7. The zero-order valence-electron chi connectivity index (χ0n) is 19.7. The van der Waals surface area contributed by atoms with Crippen molar-refractivity contribution in [1.29, 1.82) is 0 Å². The van der Waals surface area contributed by atoms with Gasteiger partial charge in [0.25, 0.3) is 0 Å². The van der Waals surface area contributed by atoms with Crippen molar-refractivity contribution >= 4 is 45.3 Å². The van der Waals surface area contributed by atoms with Crippen LogP contribution in [0.3, 0.4) is 0 Å². The predicted molar refractivity (Wildman–Crippen MR) is 135 cm³/mol. The first-order valence-electron chi connectivity index (χ1n) is 11.3. The molecule has 10 heteroatoms. The van der Waals surface area contributed by atoms with Gasteiger partial charge in [0.2, 0.25) is 11.8 Å². The van der Waals surface area contributed by atoms with E-state index in [0.29, 0.717) is 12.1 Å². The quantitative estimate of drug-likeness (QED) is 0.470. The summed E-state index contributed by atoms with van der Waals surface area (Å²) in [5.74, 6) is -0.969. The Hall–Kier alpha value is -3.40. The molecule has 3 amide bonds. The second-order valence-electron chi connectivity index (χ2n) is 8.41. The highest BCUT2D eigenvalue weighted by Crippen LogP contribution is 2.23. The molecule has 1 saturated heterocycles. The number of carbonyl (C=O) groups is 4. The third kappa shape index (κ3) is 7.29. The molecule has 186 valence electrons. The van der Waals surface area contributed by atoms with Gasteiger partial charge in [0, 0.05) is 35.2 Å². The normalized spacial score (nSPS) is 15.9. The Morgan fingerprint density at radius 2 is 1.74 bits per heavy atom. The third-order valence-electron chi connectivity index (χ3n) is 5.73. The van der Waals surface area contributed by atoms with Crippen molar-refractivity contribution in [1.82, 2.24) is 15.5 Å². The van der Waals surface area contributed by atoms with Crippen molar-refractivity contribution in [2.24, 2.45) is 5.92 Å². The predicted octanol–water partition coefficient (Wildman–Crippen LogP) is 2.81. The number of Topliss-reactive ketones (excluding diaryl/α,β-unsaturated/α-hetero) is 1. The van der Waals surface area contributed by atoms with E-state index in [2.05, 4.69) is 31.3 Å². The van der Waals surface area contributed by atoms with Crippen LogP contribution in [0.4, 0.5) is 10.5 Å². The molecule has 9 nitrogen and oxygen atoms in total. The number of amides is 3. The molecular weight excluding hydrogens is 516 g/mol. The maximum atomic E-state index is 13.2. The minimum atomic E-state index is -0.749. The molecule has 0 bridgehead atoms. The van der Waals surface area contributed by atoms with Gasteiger partial charge < -0.3 is 25.2 Å². The number of para-hydroxylation sites is 1. The van der Waals surface area contributed by atoms with E-state index in [0.717, 1.165) is 10.2 Å². The van der Waals surface area contributed by atoms with Crippen molar-refractivity contribution in [3.63, 3.8) is 0 Å². The number of ketones is 1. The van der Waals surface area contributed by atoms with Gasteiger partial charge in [-0.2, -0.15) is 0 Å². The van der Waals surface area contributed by atoms with E-state index < -0.39 is 12.1 Å². The van der Waals surface area contributed by atoms with E-state index in [1.165, 1.54) is 12.0 Å². The standard InChI is InChI=1S/C25H29BrN4O5/c1-17(13-28-25(34)35-2)12-23(32)30-16-29(20-6-4-3-5-7-20)15-21(30)24(33)27-14-22(31)18-8-10-19(26)11-9-18/h3-11,17,21H,12-16H2,1-2H3,(H,27,33)(H,28,34). The minimum Gasteiger partial charge on any atom is -0.453 e. The van der Waals surface area contributed by atoms with Crippen LogP contribution >= 0.6 is 15.9 Å². The van der Waals surface area contributed by atoms with E-state index in [1.807, 2.05) is 42.2 Å². The number of hydrogen-bond acceptors (Lipinski definition) is 6. The number of alkyl carbamates (subject to hydrolysis) is 1. The van der Waals surface area contributed by atoms with Gasteiger partial charge in [-0.25, -0.2) is 4.79 Å². The van der Waals surface area contributed by atoms with Crippen LogP contribution in [0.1, 0.15) is 23.7 Å². The molecule has 2 unspecified atom stereocenters. The summed E-state index contributed by atoms with van der Waals surface area (Å²) in [4.78, 5) is 53.6. The number of methoxy groups -OCH3 is 1. The van der Waals surface area contributed by atoms with Crippen molar-refractivity contribution in [3.05, 3.63) is 64.6 Å². The zero-order chi connectivity index (χ0) is 25.4. The fourth-order valence-electron chi connectivity index (χ4n) is 3.79. The molecule has 2 atom stereocenters. The molecule has 3 rings (SSSR count). The lowest BCUT2D eigenvalue weighted by molar-refractivity contribution is -0.138. The first kappa shape index (κ1) is 26.2. The van der Waals surface area contributed by atoms with Crippen LogP contribution in [-0.4, -0.2) is 68.0 Å². The van der Waals surface area contributed by atoms with Gasteiger partial charge in [0.1, 0.15) is 6.04 Å². The summed E-state index contributed by atoms with van der Waals surface area (Å²) in [5.41, 5.74) is 1.39. The van der Waals surface area contributed by atoms with Crippen LogP contribution in [0.2, 0.25) is 0 Å². The van der Waals surface area contributed by atoms with Crippen LogP contribution in [0.5, 0.6) is 0 Å². The first-order valence-corrected chi connectivity index (χ1v) is 12.1. The van der Waals surface area contributed by atoms with Gasteiger partial charge in [-0.05, 0) is 30.2 Å². The number of halogens is 1. The van der Waals surface area contributed by atoms with Crippen molar-refractivity contribution in [2.45, 2.75) is 19.4 Å². The SMILES string of the molecule is COC(=O)NCC(C)CC(=O)N1CN(c2ccccc2)CC1C(=O)NCC(=O)c1ccc(Br)cc1. The van der Waals surface area contributed by atoms with Crippen molar-refractivity contribution in [2.75, 3.05) is 38.3 Å². The zero-order valence-corrected chi connectivity index (χ0v) is 21.3. The van der Waals surface area contributed by atoms with Crippen LogP contribution in [0.25, 0.3) is 0 Å². The Balaban J connectivity index is 1.67. The van der Waals surface area contributed by atoms with Gasteiger partial charge in [0.15, 0.2) is 5.78 Å². The molecule has 0 aliphatic carbocycles. The molecule has 0 saturated carbocycles. The Morgan fingerprint density at radius 3 is 2.40 bits per heavy atom. The summed E-state index contributed by atoms with van der Waals surface area (Å²) >= 11 is 3.33. The molecule has 0 radical (unpaired) electrons. The van der Waals surface area contributed by atoms with Crippen molar-refractivity contribution < 1.29 is 23.9 Å². The number of nitrogens with zero attached hydrogens (tertiary/aromatic N) is 2. The monoisotopic (exact) mass is 544 g/mol. The Kier molecular flexibility index (Phi) is 9.25. The molecule has 0 aromatic heterocycles. The van der Waals surface area contributed by atoms with Crippen LogP contribution in [0, 0.1) is 5.92 Å². The summed E-state index contributed by atoms with van der Waals surface area (Å²) in [6.45, 7) is 2.50. The number of anilines is 1. The molecule has 2 aromatic carbocycles. The maximum Gasteiger partial charge on any atom is 0.406 e. The van der Waals surface area contributed by atoms with Crippen LogP contribution in [0.15, 0.2) is 59.1 Å². The third-order valence-corrected chi connectivity index (χ3v) is 6.26. The molecule has 1 aliphatic heterocycles. The second kappa shape index (κ2) is 12.3. The highest BCUT2D eigenvalue weighted by molar-refractivity contribution is 9.10. The molecule has 1 heterocycles. The summed E-state index contributed by atoms with van der Waals surface area (Å²) in [6.07, 6.45) is -0.415. The number of ether oxygens (including phenoxy) is 1. The fraction of sp³-hybridized carbons (Fsp3) is 0.360. The number of rotatable bonds is 9. The number of benzene rings is 2. The van der Waals surface area contributed by atoms with E-state index in [9.17, 15) is 19.2 Å². The molecule has 35 heavy (non-hydrogen) atoms. The summed E-state index contributed by atoms with van der Waals surface area (Å²) in [7, 11) is 1.28. The van der Waals surface area contributed by atoms with Crippen LogP contribution in [-0.2, 0) is 14.3 Å². The van der Waals surface area contributed by atoms with E-state index in [-0.39, 0.29) is 49.7 Å². The largest absolute Gasteiger partial charge is 0.453 e. The minimum absolute atomic E-state index is 0.147. The summed E-state index contributed by atoms with van der Waals surface area (Å²) in [5, 5.41) is 5.29. The van der Waals surface area contributed by atoms with Gasteiger partial charge in [-0.1, -0.05) is 53.2 Å². The van der Waals surface area contributed by atoms with E-state index >= 15 is 0 Å². The second-order valence-corrected chi connectivity index (χ2v) is 9.32. The molecule has 1 fully saturated rings. The Bertz CT molecular complexity index is 1050. The van der Waals surface area contributed by atoms with Gasteiger partial charge in [0.05, 0.1) is 20.3 Å². The number of hydrogen-bond donors (Lipinski definition) is 2. The van der Waals surface area contributed by atoms with Gasteiger partial charge in [-0.3, -0.25) is 14.4 Å². The highest BCUT2D eigenvalue weighted by Gasteiger charge is 2.38. The molecule has 2 aromatic rings. The molecule has 2 N–H and O–H groups in total. The first-order chi connectivity index (χ1) is 16.8. The lowest BCUT2D eigenvalue weighted by Crippen LogP contribution is -2.48. The van der Waals surface area contributed by atoms with Gasteiger partial charge >= 0.3 is 6.09 Å². The topological polar surface area (TPSA) is 108 Å². The molecule has 0 spiro atoms. The Morgan fingerprint density at radius 1 is 1.06 bits per heavy atom. The Labute approximate surface area is 212 Å². The lowest BCUT2D eigenvalue weighted by Gasteiger charge is -2.24. The van der Waals surface area contributed by atoms with E-state index in [4.69, 9.17) is 0 Å².